The van der Waals surface area contributed by atoms with Gasteiger partial charge in [0.1, 0.15) is 6.10 Å². The third-order valence-electron chi connectivity index (χ3n) is 14.0. The molecule has 1 amide bonds. The molecule has 7 unspecified atom stereocenters. The first-order chi connectivity index (χ1) is 23.7. The van der Waals surface area contributed by atoms with Gasteiger partial charge in [-0.3, -0.25) is 19.2 Å². The molecule has 51 heavy (non-hydrogen) atoms. The molecule has 3 fully saturated rings. The summed E-state index contributed by atoms with van der Waals surface area (Å²) < 4.78 is 6.09. The molecule has 1 aromatic rings. The van der Waals surface area contributed by atoms with Crippen molar-refractivity contribution in [1.29, 1.82) is 0 Å². The van der Waals surface area contributed by atoms with Gasteiger partial charge in [0, 0.05) is 34.0 Å². The number of amides is 1. The number of anilines is 1. The summed E-state index contributed by atoms with van der Waals surface area (Å²) in [6.45, 7) is 16.7. The Morgan fingerprint density at radius 3 is 2.37 bits per heavy atom. The number of carboxylic acids is 1. The lowest BCUT2D eigenvalue weighted by atomic mass is 9.39. The van der Waals surface area contributed by atoms with Crippen molar-refractivity contribution in [3.05, 3.63) is 64.2 Å². The number of aliphatic carboxylic acids is 1. The van der Waals surface area contributed by atoms with Gasteiger partial charge in [-0.05, 0) is 129 Å². The molecule has 5 aliphatic carbocycles. The molecule has 7 atom stereocenters. The largest absolute Gasteiger partial charge is 0.481 e. The number of allylic oxidation sites excluding steroid dienone is 4. The van der Waals surface area contributed by atoms with Crippen LogP contribution in [0.5, 0.6) is 0 Å². The van der Waals surface area contributed by atoms with E-state index in [9.17, 15) is 24.3 Å². The van der Waals surface area contributed by atoms with Gasteiger partial charge in [0.15, 0.2) is 5.78 Å². The van der Waals surface area contributed by atoms with Crippen LogP contribution >= 0.6 is 11.6 Å². The number of ketones is 1. The zero-order valence-electron chi connectivity index (χ0n) is 31.7. The molecule has 276 valence electrons. The summed E-state index contributed by atoms with van der Waals surface area (Å²) in [4.78, 5) is 51.7. The number of ether oxygens (including phenoxy) is 1. The van der Waals surface area contributed by atoms with Crippen LogP contribution in [0.25, 0.3) is 0 Å². The second-order valence-electron chi connectivity index (χ2n) is 18.3. The molecule has 6 rings (SSSR count). The van der Waals surface area contributed by atoms with Crippen molar-refractivity contribution in [3.8, 4) is 0 Å². The zero-order valence-corrected chi connectivity index (χ0v) is 32.4. The molecule has 0 radical (unpaired) electrons. The fourth-order valence-electron chi connectivity index (χ4n) is 11.6. The number of rotatable bonds is 8. The first-order valence-electron chi connectivity index (χ1n) is 18.9. The van der Waals surface area contributed by atoms with Crippen molar-refractivity contribution in [2.24, 2.45) is 50.7 Å². The van der Waals surface area contributed by atoms with Crippen molar-refractivity contribution >= 4 is 40.9 Å². The van der Waals surface area contributed by atoms with Crippen molar-refractivity contribution in [2.75, 3.05) is 5.32 Å². The van der Waals surface area contributed by atoms with Crippen LogP contribution in [0.1, 0.15) is 113 Å². The average molecular weight is 718 g/mol. The lowest BCUT2D eigenvalue weighted by Gasteiger charge is -2.65. The van der Waals surface area contributed by atoms with Crippen molar-refractivity contribution in [2.45, 2.75) is 119 Å². The van der Waals surface area contributed by atoms with E-state index in [1.54, 1.807) is 44.2 Å². The SMILES string of the molecule is CC(C)C1=C2C3CCC4C5(C)CCC(OC(=O)CC(C)(C)C(=O)O)C(C)(C)C5=CCC4(C)C3CCC2(/C=C/C(=O)Nc2ccc(Cl)cc2)CC1=O. The maximum Gasteiger partial charge on any atom is 0.309 e. The number of carboxylic acid groups (broad SMARTS) is 1. The summed E-state index contributed by atoms with van der Waals surface area (Å²) in [5.41, 5.74) is 2.33. The second kappa shape index (κ2) is 13.0. The highest BCUT2D eigenvalue weighted by atomic mass is 35.5. The number of esters is 1. The van der Waals surface area contributed by atoms with Crippen LogP contribution in [-0.4, -0.2) is 34.8 Å². The molecule has 0 bridgehead atoms. The first kappa shape index (κ1) is 37.6. The molecule has 0 spiro atoms. The lowest BCUT2D eigenvalue weighted by molar-refractivity contribution is -0.167. The number of benzene rings is 1. The summed E-state index contributed by atoms with van der Waals surface area (Å²) in [6.07, 6.45) is 12.6. The Morgan fingerprint density at radius 1 is 1.04 bits per heavy atom. The van der Waals surface area contributed by atoms with E-state index in [0.29, 0.717) is 29.0 Å². The van der Waals surface area contributed by atoms with Gasteiger partial charge in [-0.2, -0.15) is 0 Å². The van der Waals surface area contributed by atoms with Gasteiger partial charge in [0.05, 0.1) is 11.8 Å². The van der Waals surface area contributed by atoms with E-state index in [2.05, 4.69) is 52.9 Å². The van der Waals surface area contributed by atoms with Crippen LogP contribution in [0, 0.1) is 50.7 Å². The molecular weight excluding hydrogens is 662 g/mol. The zero-order chi connectivity index (χ0) is 37.3. The predicted octanol–water partition coefficient (Wildman–Crippen LogP) is 9.76. The fraction of sp³-hybridized carbons (Fsp3) is 0.628. The van der Waals surface area contributed by atoms with Crippen molar-refractivity contribution in [3.63, 3.8) is 0 Å². The topological polar surface area (TPSA) is 110 Å². The van der Waals surface area contributed by atoms with Gasteiger partial charge in [-0.1, -0.05) is 70.9 Å². The average Bonchev–Trinajstić information content (AvgIpc) is 3.34. The third kappa shape index (κ3) is 6.33. The molecular formula is C43H56ClNO6. The van der Waals surface area contributed by atoms with E-state index in [4.69, 9.17) is 16.3 Å². The minimum Gasteiger partial charge on any atom is -0.481 e. The standard InChI is InChI=1S/C43H56ClNO6/c1-25(2)36-30(46)23-43(22-18-34(47)45-27-11-9-26(44)10-12-27)21-15-29-28(37(36)43)13-14-32-41(29,7)19-16-31-40(5,6)33(17-20-42(31,32)8)51-35(48)24-39(3,4)38(49)50/h9-12,16,18,22,25,28-29,32-33H,13-15,17,19-21,23-24H2,1-8H3,(H,45,47)(H,49,50)/b22-18+. The Hall–Kier alpha value is -3.19. The van der Waals surface area contributed by atoms with Crippen LogP contribution < -0.4 is 5.32 Å². The Labute approximate surface area is 308 Å². The number of nitrogens with one attached hydrogen (secondary N) is 1. The number of carbonyl (C=O) groups excluding carboxylic acids is 3. The van der Waals surface area contributed by atoms with E-state index >= 15 is 0 Å². The van der Waals surface area contributed by atoms with E-state index in [-0.39, 0.29) is 52.3 Å². The van der Waals surface area contributed by atoms with Gasteiger partial charge in [-0.15, -0.1) is 0 Å². The Kier molecular flexibility index (Phi) is 9.60. The monoisotopic (exact) mass is 717 g/mol. The van der Waals surface area contributed by atoms with E-state index < -0.39 is 22.8 Å². The Morgan fingerprint density at radius 2 is 1.73 bits per heavy atom. The summed E-state index contributed by atoms with van der Waals surface area (Å²) >= 11 is 6.04. The maximum absolute atomic E-state index is 13.8. The van der Waals surface area contributed by atoms with Crippen LogP contribution in [0.2, 0.25) is 5.02 Å². The van der Waals surface area contributed by atoms with Gasteiger partial charge >= 0.3 is 11.9 Å². The summed E-state index contributed by atoms with van der Waals surface area (Å²) in [5.74, 6) is -0.165. The van der Waals surface area contributed by atoms with Gasteiger partial charge in [-0.25, -0.2) is 0 Å². The number of Topliss-reactive ketones (excluding diaryl/α,β-unsaturated/α-hetero) is 1. The van der Waals surface area contributed by atoms with Crippen LogP contribution in [0.4, 0.5) is 5.69 Å². The van der Waals surface area contributed by atoms with E-state index in [1.165, 1.54) is 11.1 Å². The number of hydrogen-bond acceptors (Lipinski definition) is 5. The minimum atomic E-state index is -1.18. The molecule has 0 saturated heterocycles. The minimum absolute atomic E-state index is 0.0365. The van der Waals surface area contributed by atoms with Crippen LogP contribution in [0.3, 0.4) is 0 Å². The van der Waals surface area contributed by atoms with Crippen LogP contribution in [-0.2, 0) is 23.9 Å². The van der Waals surface area contributed by atoms with Gasteiger partial charge in [0.25, 0.3) is 0 Å². The number of hydrogen-bond donors (Lipinski definition) is 2. The fourth-order valence-corrected chi connectivity index (χ4v) is 11.7. The Balaban J connectivity index is 1.27. The summed E-state index contributed by atoms with van der Waals surface area (Å²) in [6, 6.07) is 7.07. The summed E-state index contributed by atoms with van der Waals surface area (Å²) in [5, 5.41) is 13.1. The lowest BCUT2D eigenvalue weighted by Crippen LogP contribution is -2.58. The molecule has 3 saturated carbocycles. The predicted molar refractivity (Wildman–Crippen MR) is 200 cm³/mol. The molecule has 0 aliphatic heterocycles. The smallest absolute Gasteiger partial charge is 0.309 e. The Bertz CT molecular complexity index is 1720. The molecule has 7 nitrogen and oxygen atoms in total. The quantitative estimate of drug-likeness (QED) is 0.157. The molecule has 0 heterocycles. The first-order valence-corrected chi connectivity index (χ1v) is 19.3. The molecule has 8 heteroatoms. The summed E-state index contributed by atoms with van der Waals surface area (Å²) in [7, 11) is 0. The van der Waals surface area contributed by atoms with Gasteiger partial charge < -0.3 is 15.2 Å². The normalized spacial score (nSPS) is 34.3. The molecule has 1 aromatic carbocycles. The van der Waals surface area contributed by atoms with E-state index in [1.807, 2.05) is 6.08 Å². The van der Waals surface area contributed by atoms with Crippen LogP contribution in [0.15, 0.2) is 59.2 Å². The van der Waals surface area contributed by atoms with Gasteiger partial charge in [0.2, 0.25) is 5.91 Å². The highest BCUT2D eigenvalue weighted by molar-refractivity contribution is 6.30. The maximum atomic E-state index is 13.8. The second-order valence-corrected chi connectivity index (χ2v) is 18.7. The molecule has 5 aliphatic rings. The number of halogens is 1. The number of fused-ring (bicyclic) bond motifs is 7. The third-order valence-corrected chi connectivity index (χ3v) is 14.3. The van der Waals surface area contributed by atoms with E-state index in [0.717, 1.165) is 50.5 Å². The highest BCUT2D eigenvalue weighted by Gasteiger charge is 2.64. The number of carbonyl (C=O) groups is 4. The van der Waals surface area contributed by atoms with Crippen molar-refractivity contribution < 1.29 is 29.0 Å². The molecule has 0 aromatic heterocycles. The van der Waals surface area contributed by atoms with Crippen molar-refractivity contribution in [1.82, 2.24) is 0 Å². The molecule has 2 N–H and O–H groups in total. The highest BCUT2D eigenvalue weighted by Crippen LogP contribution is 2.71.